The number of hydrogen-bond acceptors (Lipinski definition) is 3. The van der Waals surface area contributed by atoms with E-state index >= 15 is 0 Å². The Morgan fingerprint density at radius 1 is 1.15 bits per heavy atom. The summed E-state index contributed by atoms with van der Waals surface area (Å²) in [6.07, 6.45) is 4.89. The van der Waals surface area contributed by atoms with E-state index in [2.05, 4.69) is 0 Å². The standard InChI is InChI=1S/C16H25NO2S/c1-12-8-9-15(13(2)10-12)20(18,19)16-7-5-3-4-6-14(16)11-17/h8-10,14,16H,3-7,11,17H2,1-2H3. The van der Waals surface area contributed by atoms with E-state index in [-0.39, 0.29) is 11.2 Å². The number of hydrogen-bond donors (Lipinski definition) is 1. The lowest BCUT2D eigenvalue weighted by atomic mass is 10.0. The van der Waals surface area contributed by atoms with Gasteiger partial charge in [0.1, 0.15) is 0 Å². The Morgan fingerprint density at radius 3 is 2.50 bits per heavy atom. The van der Waals surface area contributed by atoms with Gasteiger partial charge in [-0.3, -0.25) is 0 Å². The minimum Gasteiger partial charge on any atom is -0.330 e. The van der Waals surface area contributed by atoms with Gasteiger partial charge in [0.2, 0.25) is 0 Å². The molecule has 0 saturated heterocycles. The molecule has 1 fully saturated rings. The van der Waals surface area contributed by atoms with Gasteiger partial charge >= 0.3 is 0 Å². The van der Waals surface area contributed by atoms with E-state index in [4.69, 9.17) is 5.73 Å². The van der Waals surface area contributed by atoms with E-state index in [0.717, 1.165) is 43.2 Å². The van der Waals surface area contributed by atoms with E-state index in [1.807, 2.05) is 26.0 Å². The topological polar surface area (TPSA) is 60.2 Å². The zero-order valence-electron chi connectivity index (χ0n) is 12.4. The van der Waals surface area contributed by atoms with Crippen LogP contribution in [0.1, 0.15) is 43.2 Å². The molecule has 4 heteroatoms. The normalized spacial score (nSPS) is 24.4. The van der Waals surface area contributed by atoms with Gasteiger partial charge in [-0.25, -0.2) is 8.42 Å². The summed E-state index contributed by atoms with van der Waals surface area (Å²) in [5.74, 6) is 0.100. The van der Waals surface area contributed by atoms with Gasteiger partial charge in [-0.15, -0.1) is 0 Å². The maximum atomic E-state index is 13.0. The van der Waals surface area contributed by atoms with Crippen molar-refractivity contribution in [1.29, 1.82) is 0 Å². The van der Waals surface area contributed by atoms with Crippen molar-refractivity contribution >= 4 is 9.84 Å². The maximum absolute atomic E-state index is 13.0. The number of rotatable bonds is 3. The first kappa shape index (κ1) is 15.5. The van der Waals surface area contributed by atoms with E-state index < -0.39 is 9.84 Å². The molecule has 112 valence electrons. The zero-order valence-corrected chi connectivity index (χ0v) is 13.2. The molecule has 1 aliphatic rings. The summed E-state index contributed by atoms with van der Waals surface area (Å²) in [7, 11) is -3.27. The fourth-order valence-corrected chi connectivity index (χ4v) is 5.63. The Morgan fingerprint density at radius 2 is 1.85 bits per heavy atom. The summed E-state index contributed by atoms with van der Waals surface area (Å²) in [6, 6.07) is 5.59. The first-order valence-corrected chi connectivity index (χ1v) is 9.02. The third kappa shape index (κ3) is 3.07. The van der Waals surface area contributed by atoms with Crippen LogP contribution in [0.4, 0.5) is 0 Å². The molecule has 2 rings (SSSR count). The fourth-order valence-electron chi connectivity index (χ4n) is 3.31. The molecule has 0 amide bonds. The summed E-state index contributed by atoms with van der Waals surface area (Å²) < 4.78 is 26.0. The summed E-state index contributed by atoms with van der Waals surface area (Å²) in [5, 5.41) is -0.309. The van der Waals surface area contributed by atoms with Gasteiger partial charge in [0.05, 0.1) is 10.1 Å². The fraction of sp³-hybridized carbons (Fsp3) is 0.625. The molecule has 0 bridgehead atoms. The van der Waals surface area contributed by atoms with Crippen molar-refractivity contribution in [1.82, 2.24) is 0 Å². The third-order valence-corrected chi connectivity index (χ3v) is 6.92. The summed E-state index contributed by atoms with van der Waals surface area (Å²) in [5.41, 5.74) is 7.78. The highest BCUT2D eigenvalue weighted by Crippen LogP contribution is 2.33. The van der Waals surface area contributed by atoms with Crippen molar-refractivity contribution in [3.8, 4) is 0 Å². The van der Waals surface area contributed by atoms with Crippen LogP contribution in [0.15, 0.2) is 23.1 Å². The largest absolute Gasteiger partial charge is 0.330 e. The zero-order chi connectivity index (χ0) is 14.8. The van der Waals surface area contributed by atoms with E-state index in [9.17, 15) is 8.42 Å². The quantitative estimate of drug-likeness (QED) is 0.872. The summed E-state index contributed by atoms with van der Waals surface area (Å²) >= 11 is 0. The summed E-state index contributed by atoms with van der Waals surface area (Å²) in [4.78, 5) is 0.494. The van der Waals surface area contributed by atoms with E-state index in [1.165, 1.54) is 0 Å². The van der Waals surface area contributed by atoms with Gasteiger partial charge in [0, 0.05) is 0 Å². The smallest absolute Gasteiger partial charge is 0.181 e. The van der Waals surface area contributed by atoms with Crippen molar-refractivity contribution < 1.29 is 8.42 Å². The van der Waals surface area contributed by atoms with Crippen LogP contribution < -0.4 is 5.73 Å². The maximum Gasteiger partial charge on any atom is 0.181 e. The molecular weight excluding hydrogens is 270 g/mol. The second-order valence-corrected chi connectivity index (χ2v) is 8.12. The predicted octanol–water partition coefficient (Wildman–Crippen LogP) is 2.98. The van der Waals surface area contributed by atoms with Crippen LogP contribution in [-0.2, 0) is 9.84 Å². The highest BCUT2D eigenvalue weighted by Gasteiger charge is 2.35. The Hall–Kier alpha value is -0.870. The summed E-state index contributed by atoms with van der Waals surface area (Å²) in [6.45, 7) is 4.33. The lowest BCUT2D eigenvalue weighted by molar-refractivity contribution is 0.456. The average Bonchev–Trinajstić information content (AvgIpc) is 2.63. The SMILES string of the molecule is Cc1ccc(S(=O)(=O)C2CCCCCC2CN)c(C)c1. The molecule has 2 N–H and O–H groups in total. The molecule has 0 spiro atoms. The molecule has 20 heavy (non-hydrogen) atoms. The minimum absolute atomic E-state index is 0.100. The first-order chi connectivity index (χ1) is 9.46. The van der Waals surface area contributed by atoms with E-state index in [1.54, 1.807) is 6.07 Å². The Labute approximate surface area is 122 Å². The van der Waals surface area contributed by atoms with Crippen LogP contribution in [-0.4, -0.2) is 20.2 Å². The lowest BCUT2D eigenvalue weighted by Crippen LogP contribution is -2.34. The molecule has 0 heterocycles. The van der Waals surface area contributed by atoms with Crippen molar-refractivity contribution in [2.75, 3.05) is 6.54 Å². The van der Waals surface area contributed by atoms with Crippen molar-refractivity contribution in [2.24, 2.45) is 11.7 Å². The van der Waals surface area contributed by atoms with E-state index in [0.29, 0.717) is 11.4 Å². The van der Waals surface area contributed by atoms with Crippen LogP contribution in [0, 0.1) is 19.8 Å². The Bertz CT molecular complexity index is 566. The van der Waals surface area contributed by atoms with Gasteiger partial charge in [-0.1, -0.05) is 37.0 Å². The number of benzene rings is 1. The Kier molecular flexibility index (Phi) is 4.86. The monoisotopic (exact) mass is 295 g/mol. The molecule has 2 atom stereocenters. The molecule has 1 saturated carbocycles. The average molecular weight is 295 g/mol. The molecule has 1 aromatic carbocycles. The predicted molar refractivity (Wildman–Crippen MR) is 82.5 cm³/mol. The highest BCUT2D eigenvalue weighted by atomic mass is 32.2. The van der Waals surface area contributed by atoms with Gasteiger partial charge in [-0.2, -0.15) is 0 Å². The molecule has 0 radical (unpaired) electrons. The minimum atomic E-state index is -3.27. The van der Waals surface area contributed by atoms with Crippen LogP contribution in [0.25, 0.3) is 0 Å². The number of nitrogens with two attached hydrogens (primary N) is 1. The molecule has 2 unspecified atom stereocenters. The van der Waals surface area contributed by atoms with Crippen LogP contribution in [0.5, 0.6) is 0 Å². The highest BCUT2D eigenvalue weighted by molar-refractivity contribution is 7.92. The molecule has 0 aromatic heterocycles. The number of aryl methyl sites for hydroxylation is 2. The van der Waals surface area contributed by atoms with Gasteiger partial charge in [0.15, 0.2) is 9.84 Å². The van der Waals surface area contributed by atoms with Crippen LogP contribution >= 0.6 is 0 Å². The second-order valence-electron chi connectivity index (χ2n) is 5.99. The van der Waals surface area contributed by atoms with Crippen molar-refractivity contribution in [3.63, 3.8) is 0 Å². The van der Waals surface area contributed by atoms with Gasteiger partial charge in [0.25, 0.3) is 0 Å². The van der Waals surface area contributed by atoms with Crippen LogP contribution in [0.3, 0.4) is 0 Å². The van der Waals surface area contributed by atoms with Crippen molar-refractivity contribution in [2.45, 2.75) is 56.1 Å². The first-order valence-electron chi connectivity index (χ1n) is 7.48. The molecule has 0 aliphatic heterocycles. The molecular formula is C16H25NO2S. The van der Waals surface area contributed by atoms with Gasteiger partial charge < -0.3 is 5.73 Å². The van der Waals surface area contributed by atoms with Gasteiger partial charge in [-0.05, 0) is 50.8 Å². The molecule has 3 nitrogen and oxygen atoms in total. The second kappa shape index (κ2) is 6.27. The number of sulfone groups is 1. The Balaban J connectivity index is 2.41. The lowest BCUT2D eigenvalue weighted by Gasteiger charge is -2.24. The van der Waals surface area contributed by atoms with Crippen molar-refractivity contribution in [3.05, 3.63) is 29.3 Å². The molecule has 1 aromatic rings. The third-order valence-electron chi connectivity index (χ3n) is 4.43. The van der Waals surface area contributed by atoms with Crippen LogP contribution in [0.2, 0.25) is 0 Å². The molecule has 1 aliphatic carbocycles.